The van der Waals surface area contributed by atoms with Gasteiger partial charge in [0.25, 0.3) is 15.9 Å². The van der Waals surface area contributed by atoms with E-state index in [1.165, 1.54) is 11.4 Å². The molecular formula is C21H21N3O3S. The van der Waals surface area contributed by atoms with Crippen LogP contribution >= 0.6 is 0 Å². The first-order valence-corrected chi connectivity index (χ1v) is 10.1. The van der Waals surface area contributed by atoms with E-state index in [9.17, 15) is 13.2 Å². The molecule has 3 rings (SSSR count). The maximum absolute atomic E-state index is 12.8. The van der Waals surface area contributed by atoms with E-state index in [0.29, 0.717) is 11.3 Å². The molecule has 0 saturated carbocycles. The smallest absolute Gasteiger partial charge is 0.269 e. The Balaban J connectivity index is 1.70. The van der Waals surface area contributed by atoms with E-state index in [2.05, 4.69) is 10.9 Å². The number of carbonyl (C=O) groups excluding carboxylic acids is 1. The van der Waals surface area contributed by atoms with Crippen LogP contribution < -0.4 is 15.2 Å². The summed E-state index contributed by atoms with van der Waals surface area (Å²) in [5.74, 6) is -0.320. The third-order valence-electron chi connectivity index (χ3n) is 4.27. The highest BCUT2D eigenvalue weighted by atomic mass is 32.2. The van der Waals surface area contributed by atoms with Crippen LogP contribution in [0.2, 0.25) is 0 Å². The van der Waals surface area contributed by atoms with Gasteiger partial charge in [-0.1, -0.05) is 35.9 Å². The second-order valence-corrected chi connectivity index (χ2v) is 8.25. The molecule has 0 fully saturated rings. The van der Waals surface area contributed by atoms with Crippen molar-refractivity contribution in [2.45, 2.75) is 11.8 Å². The van der Waals surface area contributed by atoms with Crippen LogP contribution in [-0.4, -0.2) is 21.4 Å². The molecule has 0 heterocycles. The SMILES string of the molecule is Cc1ccc(S(=O)(=O)N(C)c2ccc(C(=O)NNc3ccccc3)cc2)cc1. The van der Waals surface area contributed by atoms with E-state index in [1.54, 1.807) is 48.5 Å². The second-order valence-electron chi connectivity index (χ2n) is 6.28. The van der Waals surface area contributed by atoms with Gasteiger partial charge in [0.05, 0.1) is 16.3 Å². The zero-order valence-electron chi connectivity index (χ0n) is 15.6. The molecule has 3 aromatic rings. The minimum Gasteiger partial charge on any atom is -0.298 e. The predicted octanol–water partition coefficient (Wildman–Crippen LogP) is 3.58. The number of rotatable bonds is 6. The van der Waals surface area contributed by atoms with Gasteiger partial charge in [0.1, 0.15) is 0 Å². The Morgan fingerprint density at radius 1 is 0.857 bits per heavy atom. The molecule has 28 heavy (non-hydrogen) atoms. The second kappa shape index (κ2) is 8.14. The summed E-state index contributed by atoms with van der Waals surface area (Å²) in [6.07, 6.45) is 0. The highest BCUT2D eigenvalue weighted by Crippen LogP contribution is 2.22. The van der Waals surface area contributed by atoms with Crippen LogP contribution in [0.4, 0.5) is 11.4 Å². The third-order valence-corrected chi connectivity index (χ3v) is 6.07. The van der Waals surface area contributed by atoms with Gasteiger partial charge in [-0.15, -0.1) is 0 Å². The average Bonchev–Trinajstić information content (AvgIpc) is 2.72. The van der Waals surface area contributed by atoms with Crippen molar-refractivity contribution in [1.29, 1.82) is 0 Å². The van der Waals surface area contributed by atoms with Crippen molar-refractivity contribution in [3.8, 4) is 0 Å². The molecule has 0 aliphatic carbocycles. The Morgan fingerprint density at radius 2 is 1.46 bits per heavy atom. The molecule has 0 bridgehead atoms. The van der Waals surface area contributed by atoms with Gasteiger partial charge < -0.3 is 0 Å². The van der Waals surface area contributed by atoms with Gasteiger partial charge in [0.15, 0.2) is 0 Å². The lowest BCUT2D eigenvalue weighted by Gasteiger charge is -2.20. The van der Waals surface area contributed by atoms with Crippen molar-refractivity contribution >= 4 is 27.3 Å². The number of carbonyl (C=O) groups is 1. The summed E-state index contributed by atoms with van der Waals surface area (Å²) in [5.41, 5.74) is 8.05. The number of nitrogens with zero attached hydrogens (tertiary/aromatic N) is 1. The van der Waals surface area contributed by atoms with Crippen LogP contribution in [-0.2, 0) is 10.0 Å². The maximum atomic E-state index is 12.8. The summed E-state index contributed by atoms with van der Waals surface area (Å²) in [5, 5.41) is 0. The normalized spacial score (nSPS) is 10.9. The number of anilines is 2. The average molecular weight is 395 g/mol. The van der Waals surface area contributed by atoms with Gasteiger partial charge in [0, 0.05) is 12.6 Å². The Morgan fingerprint density at radius 3 is 2.07 bits per heavy atom. The Hall–Kier alpha value is -3.32. The minimum atomic E-state index is -3.67. The number of aryl methyl sites for hydroxylation is 1. The summed E-state index contributed by atoms with van der Waals surface area (Å²) >= 11 is 0. The summed E-state index contributed by atoms with van der Waals surface area (Å²) in [6, 6.07) is 22.3. The summed E-state index contributed by atoms with van der Waals surface area (Å²) in [6.45, 7) is 1.90. The van der Waals surface area contributed by atoms with Crippen molar-refractivity contribution in [3.63, 3.8) is 0 Å². The van der Waals surface area contributed by atoms with E-state index >= 15 is 0 Å². The molecule has 0 aliphatic rings. The number of benzene rings is 3. The lowest BCUT2D eigenvalue weighted by atomic mass is 10.2. The molecule has 1 amide bonds. The Kier molecular flexibility index (Phi) is 5.65. The van der Waals surface area contributed by atoms with Crippen LogP contribution in [0.15, 0.2) is 83.8 Å². The maximum Gasteiger partial charge on any atom is 0.269 e. The summed E-state index contributed by atoms with van der Waals surface area (Å²) in [7, 11) is -2.18. The standard InChI is InChI=1S/C21H21N3O3S/c1-16-8-14-20(15-9-16)28(26,27)24(2)19-12-10-17(11-13-19)21(25)23-22-18-6-4-3-5-7-18/h3-15,22H,1-2H3,(H,23,25). The zero-order valence-corrected chi connectivity index (χ0v) is 16.4. The lowest BCUT2D eigenvalue weighted by Crippen LogP contribution is -2.29. The topological polar surface area (TPSA) is 78.5 Å². The van der Waals surface area contributed by atoms with E-state index in [0.717, 1.165) is 11.3 Å². The molecule has 0 saturated heterocycles. The first-order valence-electron chi connectivity index (χ1n) is 8.65. The monoisotopic (exact) mass is 395 g/mol. The molecule has 7 heteroatoms. The first-order chi connectivity index (χ1) is 13.4. The van der Waals surface area contributed by atoms with Crippen LogP contribution in [0.5, 0.6) is 0 Å². The van der Waals surface area contributed by atoms with Crippen molar-refractivity contribution in [1.82, 2.24) is 5.43 Å². The van der Waals surface area contributed by atoms with E-state index < -0.39 is 10.0 Å². The van der Waals surface area contributed by atoms with Crippen LogP contribution in [0, 0.1) is 6.92 Å². The van der Waals surface area contributed by atoms with Gasteiger partial charge in [0.2, 0.25) is 0 Å². The number of hydrazine groups is 1. The summed E-state index contributed by atoms with van der Waals surface area (Å²) in [4.78, 5) is 12.5. The van der Waals surface area contributed by atoms with Crippen LogP contribution in [0.25, 0.3) is 0 Å². The number of nitrogens with one attached hydrogen (secondary N) is 2. The molecule has 3 aromatic carbocycles. The van der Waals surface area contributed by atoms with Gasteiger partial charge in [-0.2, -0.15) is 0 Å². The molecule has 0 unspecified atom stereocenters. The highest BCUT2D eigenvalue weighted by Gasteiger charge is 2.21. The summed E-state index contributed by atoms with van der Waals surface area (Å²) < 4.78 is 26.7. The number of hydrogen-bond donors (Lipinski definition) is 2. The van der Waals surface area contributed by atoms with Gasteiger partial charge in [-0.3, -0.25) is 20.0 Å². The molecule has 6 nitrogen and oxygen atoms in total. The van der Waals surface area contributed by atoms with Gasteiger partial charge in [-0.25, -0.2) is 8.42 Å². The number of para-hydroxylation sites is 1. The van der Waals surface area contributed by atoms with E-state index in [1.807, 2.05) is 37.3 Å². The first kappa shape index (κ1) is 19.4. The lowest BCUT2D eigenvalue weighted by molar-refractivity contribution is 0.0962. The van der Waals surface area contributed by atoms with Crippen LogP contribution in [0.3, 0.4) is 0 Å². The van der Waals surface area contributed by atoms with E-state index in [-0.39, 0.29) is 10.8 Å². The van der Waals surface area contributed by atoms with Crippen LogP contribution in [0.1, 0.15) is 15.9 Å². The van der Waals surface area contributed by atoms with Gasteiger partial charge >= 0.3 is 0 Å². The molecular weight excluding hydrogens is 374 g/mol. The molecule has 0 aromatic heterocycles. The number of hydrogen-bond acceptors (Lipinski definition) is 4. The third kappa shape index (κ3) is 4.32. The highest BCUT2D eigenvalue weighted by molar-refractivity contribution is 7.92. The molecule has 0 spiro atoms. The molecule has 0 radical (unpaired) electrons. The van der Waals surface area contributed by atoms with E-state index in [4.69, 9.17) is 0 Å². The fourth-order valence-corrected chi connectivity index (χ4v) is 3.75. The van der Waals surface area contributed by atoms with Crippen molar-refractivity contribution in [2.24, 2.45) is 0 Å². The quantitative estimate of drug-likeness (QED) is 0.626. The zero-order chi connectivity index (χ0) is 20.1. The number of amides is 1. The van der Waals surface area contributed by atoms with Gasteiger partial charge in [-0.05, 0) is 55.5 Å². The minimum absolute atomic E-state index is 0.217. The van der Waals surface area contributed by atoms with Crippen molar-refractivity contribution in [2.75, 3.05) is 16.8 Å². The number of sulfonamides is 1. The predicted molar refractivity (Wildman–Crippen MR) is 111 cm³/mol. The van der Waals surface area contributed by atoms with Crippen molar-refractivity contribution in [3.05, 3.63) is 90.0 Å². The molecule has 0 atom stereocenters. The Labute approximate surface area is 164 Å². The molecule has 0 aliphatic heterocycles. The molecule has 144 valence electrons. The Bertz CT molecular complexity index is 1050. The van der Waals surface area contributed by atoms with Crippen molar-refractivity contribution < 1.29 is 13.2 Å². The fraction of sp³-hybridized carbons (Fsp3) is 0.0952. The molecule has 2 N–H and O–H groups in total. The fourth-order valence-electron chi connectivity index (χ4n) is 2.55. The largest absolute Gasteiger partial charge is 0.298 e.